The quantitative estimate of drug-likeness (QED) is 0.0963. The molecule has 4 rings (SSSR count). The largest absolute Gasteiger partial charge is 0.480 e. The number of fused-ring (bicyclic) bond motifs is 2. The monoisotopic (exact) mass is 663 g/mol. The highest BCUT2D eigenvalue weighted by atomic mass is 16.4. The van der Waals surface area contributed by atoms with Crippen molar-refractivity contribution in [2.24, 2.45) is 11.8 Å². The van der Waals surface area contributed by atoms with Gasteiger partial charge in [-0.1, -0.05) is 25.7 Å². The van der Waals surface area contributed by atoms with Crippen LogP contribution < -0.4 is 10.6 Å². The van der Waals surface area contributed by atoms with E-state index in [1.807, 2.05) is 12.4 Å². The van der Waals surface area contributed by atoms with Crippen LogP contribution in [0.25, 0.3) is 0 Å². The van der Waals surface area contributed by atoms with Gasteiger partial charge >= 0.3 is 29.8 Å². The molecule has 0 aromatic rings. The van der Waals surface area contributed by atoms with E-state index >= 15 is 0 Å². The second-order valence-electron chi connectivity index (χ2n) is 13.3. The van der Waals surface area contributed by atoms with E-state index in [2.05, 4.69) is 10.6 Å². The Morgan fingerprint density at radius 1 is 0.596 bits per heavy atom. The lowest BCUT2D eigenvalue weighted by Gasteiger charge is -2.34. The van der Waals surface area contributed by atoms with Crippen LogP contribution in [0.3, 0.4) is 0 Å². The highest BCUT2D eigenvalue weighted by Crippen LogP contribution is 2.37. The number of hydrogen-bond donors (Lipinski definition) is 7. The van der Waals surface area contributed by atoms with Crippen molar-refractivity contribution in [3.05, 3.63) is 23.5 Å². The molecular formula is C32H49N5O10. The van der Waals surface area contributed by atoms with Crippen LogP contribution in [0, 0.1) is 11.8 Å². The predicted octanol–water partition coefficient (Wildman–Crippen LogP) is 0.925. The molecule has 4 unspecified atom stereocenters. The van der Waals surface area contributed by atoms with E-state index < -0.39 is 61.6 Å². The molecule has 0 bridgehead atoms. The average Bonchev–Trinajstić information content (AvgIpc) is 3.61. The number of carboxylic acid groups (broad SMARTS) is 5. The van der Waals surface area contributed by atoms with Crippen molar-refractivity contribution in [1.29, 1.82) is 0 Å². The van der Waals surface area contributed by atoms with Crippen molar-refractivity contribution in [2.75, 3.05) is 45.8 Å². The van der Waals surface area contributed by atoms with Gasteiger partial charge in [0.2, 0.25) is 0 Å². The molecule has 2 aliphatic carbocycles. The summed E-state index contributed by atoms with van der Waals surface area (Å²) >= 11 is 0. The molecule has 6 atom stereocenters. The number of nitrogens with zero attached hydrogens (tertiary/aromatic N) is 3. The summed E-state index contributed by atoms with van der Waals surface area (Å²) in [6.07, 6.45) is 12.1. The van der Waals surface area contributed by atoms with Gasteiger partial charge in [0.05, 0.1) is 19.6 Å². The normalized spacial score (nSPS) is 24.8. The fourth-order valence-electron chi connectivity index (χ4n) is 7.84. The molecule has 4 aliphatic rings. The molecule has 0 amide bonds. The Morgan fingerprint density at radius 2 is 0.979 bits per heavy atom. The molecule has 2 saturated carbocycles. The van der Waals surface area contributed by atoms with Crippen LogP contribution in [0.5, 0.6) is 0 Å². The molecule has 7 N–H and O–H groups in total. The van der Waals surface area contributed by atoms with E-state index in [-0.39, 0.29) is 62.9 Å². The zero-order valence-corrected chi connectivity index (χ0v) is 26.8. The number of carbonyl (C=O) groups is 5. The molecule has 0 spiro atoms. The molecule has 15 nitrogen and oxygen atoms in total. The second-order valence-corrected chi connectivity index (χ2v) is 13.3. The Morgan fingerprint density at radius 3 is 1.34 bits per heavy atom. The van der Waals surface area contributed by atoms with E-state index in [1.165, 1.54) is 14.7 Å². The van der Waals surface area contributed by atoms with Gasteiger partial charge in [-0.3, -0.25) is 38.7 Å². The van der Waals surface area contributed by atoms with Crippen molar-refractivity contribution < 1.29 is 49.5 Å². The first-order chi connectivity index (χ1) is 22.4. The summed E-state index contributed by atoms with van der Waals surface area (Å²) in [5.74, 6) is -5.58. The third-order valence-electron chi connectivity index (χ3n) is 10.2. The minimum absolute atomic E-state index is 0.0236. The molecule has 0 radical (unpaired) electrons. The fraction of sp³-hybridized carbons (Fsp3) is 0.719. The van der Waals surface area contributed by atoms with E-state index in [0.29, 0.717) is 0 Å². The lowest BCUT2D eigenvalue weighted by molar-refractivity contribution is -0.148. The van der Waals surface area contributed by atoms with E-state index in [9.17, 15) is 49.5 Å². The van der Waals surface area contributed by atoms with Gasteiger partial charge in [0.25, 0.3) is 0 Å². The van der Waals surface area contributed by atoms with Crippen LogP contribution in [0.1, 0.15) is 64.2 Å². The third kappa shape index (κ3) is 10.1. The van der Waals surface area contributed by atoms with Crippen LogP contribution >= 0.6 is 0 Å². The lowest BCUT2D eigenvalue weighted by atomic mass is 9.80. The van der Waals surface area contributed by atoms with E-state index in [4.69, 9.17) is 0 Å². The van der Waals surface area contributed by atoms with Gasteiger partial charge in [0, 0.05) is 50.1 Å². The fourth-order valence-corrected chi connectivity index (χ4v) is 7.84. The maximum Gasteiger partial charge on any atom is 0.321 e. The number of nitrogens with one attached hydrogen (secondary N) is 2. The summed E-state index contributed by atoms with van der Waals surface area (Å²) in [6, 6.07) is -1.80. The Bertz CT molecular complexity index is 1140. The topological polar surface area (TPSA) is 220 Å². The minimum Gasteiger partial charge on any atom is -0.480 e. The first kappa shape index (κ1) is 36.2. The van der Waals surface area contributed by atoms with Gasteiger partial charge in [-0.2, -0.15) is 0 Å². The maximum atomic E-state index is 12.5. The van der Waals surface area contributed by atoms with Gasteiger partial charge in [-0.05, 0) is 62.1 Å². The first-order valence-electron chi connectivity index (χ1n) is 16.6. The molecule has 0 saturated heterocycles. The van der Waals surface area contributed by atoms with Crippen LogP contribution in [-0.2, 0) is 24.0 Å². The molecule has 2 heterocycles. The molecule has 0 aromatic heterocycles. The number of carboxylic acids is 5. The van der Waals surface area contributed by atoms with Crippen molar-refractivity contribution in [2.45, 2.75) is 88.4 Å². The number of rotatable bonds is 20. The summed E-state index contributed by atoms with van der Waals surface area (Å²) in [6.45, 7) is -1.81. The van der Waals surface area contributed by atoms with Gasteiger partial charge in [-0.25, -0.2) is 0 Å². The second kappa shape index (κ2) is 16.9. The molecule has 15 heteroatoms. The lowest BCUT2D eigenvalue weighted by Crippen LogP contribution is -2.51. The van der Waals surface area contributed by atoms with Crippen LogP contribution in [-0.4, -0.2) is 140 Å². The van der Waals surface area contributed by atoms with Crippen molar-refractivity contribution in [3.8, 4) is 0 Å². The summed E-state index contributed by atoms with van der Waals surface area (Å²) in [4.78, 5) is 64.5. The van der Waals surface area contributed by atoms with Crippen LogP contribution in [0.4, 0.5) is 0 Å². The van der Waals surface area contributed by atoms with Crippen LogP contribution in [0.15, 0.2) is 23.5 Å². The zero-order valence-electron chi connectivity index (χ0n) is 26.8. The zero-order chi connectivity index (χ0) is 34.1. The number of aliphatic carboxylic acids is 5. The summed E-state index contributed by atoms with van der Waals surface area (Å²) in [5.41, 5.74) is 1.88. The molecule has 262 valence electrons. The minimum atomic E-state index is -1.22. The maximum absolute atomic E-state index is 12.5. The summed E-state index contributed by atoms with van der Waals surface area (Å²) < 4.78 is 0. The highest BCUT2D eigenvalue weighted by molar-refractivity contribution is 5.77. The summed E-state index contributed by atoms with van der Waals surface area (Å²) in [5, 5.41) is 55.9. The Labute approximate surface area is 274 Å². The Hall–Kier alpha value is -3.69. The van der Waals surface area contributed by atoms with Gasteiger partial charge in [0.1, 0.15) is 12.1 Å². The first-order valence-corrected chi connectivity index (χ1v) is 16.6. The van der Waals surface area contributed by atoms with Crippen LogP contribution in [0.2, 0.25) is 0 Å². The predicted molar refractivity (Wildman–Crippen MR) is 169 cm³/mol. The van der Waals surface area contributed by atoms with Gasteiger partial charge < -0.3 is 36.2 Å². The highest BCUT2D eigenvalue weighted by Gasteiger charge is 2.38. The molecule has 2 fully saturated rings. The third-order valence-corrected chi connectivity index (χ3v) is 10.2. The molecule has 2 aliphatic heterocycles. The Balaban J connectivity index is 1.44. The van der Waals surface area contributed by atoms with Crippen molar-refractivity contribution >= 4 is 29.8 Å². The standard InChI is InChI=1S/C32H49N5O10/c38-28(39)17-35(9-11-36(18-29(40)41)26(31(44)45)13-20-15-33-24-7-3-1-5-22(20)24)10-12-37(19-30(42)43)27(32(46)47)14-21-16-34-25-8-4-2-6-23(21)25/h15-16,22-27,33-34H,1-14,17-19H2,(H,38,39)(H,40,41)(H,42,43)(H,44,45)(H,46,47)/t22?,23?,24?,25?,26-,27-/m0/s1. The van der Waals surface area contributed by atoms with Gasteiger partial charge in [-0.15, -0.1) is 0 Å². The molecule has 0 aromatic carbocycles. The average molecular weight is 664 g/mol. The van der Waals surface area contributed by atoms with Crippen molar-refractivity contribution in [3.63, 3.8) is 0 Å². The molecular weight excluding hydrogens is 614 g/mol. The van der Waals surface area contributed by atoms with Crippen molar-refractivity contribution in [1.82, 2.24) is 25.3 Å². The van der Waals surface area contributed by atoms with E-state index in [1.54, 1.807) is 0 Å². The Kier molecular flexibility index (Phi) is 13.0. The smallest absolute Gasteiger partial charge is 0.321 e. The number of hydrogen-bond acceptors (Lipinski definition) is 10. The summed E-state index contributed by atoms with van der Waals surface area (Å²) in [7, 11) is 0. The van der Waals surface area contributed by atoms with Gasteiger partial charge in [0.15, 0.2) is 0 Å². The van der Waals surface area contributed by atoms with E-state index in [0.717, 1.165) is 62.5 Å². The SMILES string of the molecule is O=C(O)CN(CCN(CC(=O)O)[C@@H](CC1=CNC2CCCCC12)C(=O)O)CCN(CC(=O)O)[C@@H](CC1=CNC2CCCCC12)C(=O)O. The molecule has 47 heavy (non-hydrogen) atoms.